The molecule has 0 spiro atoms. The molecule has 0 fully saturated rings. The Bertz CT molecular complexity index is 845. The number of imidazole rings is 1. The number of ether oxygens (including phenoxy) is 1. The van der Waals surface area contributed by atoms with Gasteiger partial charge in [0, 0.05) is 23.0 Å². The predicted octanol–water partition coefficient (Wildman–Crippen LogP) is 3.38. The van der Waals surface area contributed by atoms with Crippen molar-refractivity contribution in [2.45, 2.75) is 11.8 Å². The Kier molecular flexibility index (Phi) is 4.52. The maximum absolute atomic E-state index is 12.1. The largest absolute Gasteiger partial charge is 0.480 e. The summed E-state index contributed by atoms with van der Waals surface area (Å²) in [6.07, 6.45) is 5.81. The molecular weight excluding hydrogens is 310 g/mol. The van der Waals surface area contributed by atoms with Crippen LogP contribution in [-0.2, 0) is 4.79 Å². The number of aryl methyl sites for hydroxylation is 1. The summed E-state index contributed by atoms with van der Waals surface area (Å²) in [6, 6.07) is 11.4. The van der Waals surface area contributed by atoms with Crippen molar-refractivity contribution in [3.8, 4) is 5.75 Å². The Balaban J connectivity index is 1.66. The molecule has 5 nitrogen and oxygen atoms in total. The first-order valence-electron chi connectivity index (χ1n) is 7.17. The Morgan fingerprint density at radius 2 is 2.22 bits per heavy atom. The number of rotatable bonds is 5. The molecule has 0 atom stereocenters. The lowest BCUT2D eigenvalue weighted by Gasteiger charge is -2.09. The van der Waals surface area contributed by atoms with Crippen molar-refractivity contribution < 1.29 is 9.53 Å². The van der Waals surface area contributed by atoms with Crippen molar-refractivity contribution in [1.29, 1.82) is 0 Å². The van der Waals surface area contributed by atoms with E-state index in [2.05, 4.69) is 10.3 Å². The maximum Gasteiger partial charge on any atom is 0.262 e. The van der Waals surface area contributed by atoms with Gasteiger partial charge in [0.1, 0.15) is 0 Å². The minimum atomic E-state index is -0.200. The van der Waals surface area contributed by atoms with Crippen LogP contribution in [0.15, 0.2) is 53.7 Å². The number of carbonyl (C=O) groups excluding carboxylic acids is 1. The van der Waals surface area contributed by atoms with Crippen molar-refractivity contribution in [3.63, 3.8) is 0 Å². The molecule has 0 aliphatic heterocycles. The van der Waals surface area contributed by atoms with Gasteiger partial charge in [0.15, 0.2) is 18.0 Å². The number of pyridine rings is 1. The summed E-state index contributed by atoms with van der Waals surface area (Å²) in [7, 11) is 0. The zero-order valence-electron chi connectivity index (χ0n) is 12.9. The van der Waals surface area contributed by atoms with Crippen LogP contribution in [0.4, 0.5) is 5.69 Å². The van der Waals surface area contributed by atoms with Gasteiger partial charge >= 0.3 is 0 Å². The van der Waals surface area contributed by atoms with Gasteiger partial charge in [-0.05, 0) is 43.5 Å². The van der Waals surface area contributed by atoms with Crippen molar-refractivity contribution in [1.82, 2.24) is 9.38 Å². The van der Waals surface area contributed by atoms with Crippen LogP contribution in [0, 0.1) is 6.92 Å². The highest BCUT2D eigenvalue weighted by Gasteiger charge is 2.08. The van der Waals surface area contributed by atoms with Gasteiger partial charge in [-0.2, -0.15) is 0 Å². The molecule has 2 heterocycles. The van der Waals surface area contributed by atoms with Gasteiger partial charge in [0.25, 0.3) is 5.91 Å². The minimum Gasteiger partial charge on any atom is -0.480 e. The fraction of sp³-hybridized carbons (Fsp3) is 0.176. The van der Waals surface area contributed by atoms with E-state index in [0.29, 0.717) is 11.4 Å². The Labute approximate surface area is 138 Å². The zero-order chi connectivity index (χ0) is 16.2. The molecule has 118 valence electrons. The summed E-state index contributed by atoms with van der Waals surface area (Å²) in [6.45, 7) is 1.86. The Morgan fingerprint density at radius 1 is 1.35 bits per heavy atom. The molecule has 3 aromatic rings. The van der Waals surface area contributed by atoms with Crippen LogP contribution in [0.25, 0.3) is 5.65 Å². The van der Waals surface area contributed by atoms with E-state index in [1.165, 1.54) is 0 Å². The second-order valence-corrected chi connectivity index (χ2v) is 5.93. The molecule has 2 aromatic heterocycles. The molecule has 1 N–H and O–H groups in total. The summed E-state index contributed by atoms with van der Waals surface area (Å²) in [4.78, 5) is 17.6. The molecule has 0 saturated carbocycles. The van der Waals surface area contributed by atoms with Gasteiger partial charge in [0.05, 0.1) is 5.69 Å². The highest BCUT2D eigenvalue weighted by molar-refractivity contribution is 7.98. The molecule has 1 amide bonds. The van der Waals surface area contributed by atoms with E-state index in [0.717, 1.165) is 16.3 Å². The monoisotopic (exact) mass is 327 g/mol. The van der Waals surface area contributed by atoms with E-state index >= 15 is 0 Å². The minimum absolute atomic E-state index is 0.0604. The van der Waals surface area contributed by atoms with Gasteiger partial charge in [-0.15, -0.1) is 11.8 Å². The fourth-order valence-corrected chi connectivity index (χ4v) is 2.72. The van der Waals surface area contributed by atoms with Crippen molar-refractivity contribution in [2.24, 2.45) is 0 Å². The molecule has 0 radical (unpaired) electrons. The second kappa shape index (κ2) is 6.75. The van der Waals surface area contributed by atoms with E-state index in [4.69, 9.17) is 4.74 Å². The predicted molar refractivity (Wildman–Crippen MR) is 92.3 cm³/mol. The smallest absolute Gasteiger partial charge is 0.262 e. The van der Waals surface area contributed by atoms with Crippen LogP contribution in [0.5, 0.6) is 5.75 Å². The van der Waals surface area contributed by atoms with Crippen LogP contribution in [0.2, 0.25) is 0 Å². The molecule has 0 unspecified atom stereocenters. The number of nitrogens with one attached hydrogen (secondary N) is 1. The first-order valence-corrected chi connectivity index (χ1v) is 8.39. The maximum atomic E-state index is 12.1. The van der Waals surface area contributed by atoms with Gasteiger partial charge in [0.2, 0.25) is 0 Å². The van der Waals surface area contributed by atoms with Crippen molar-refractivity contribution in [3.05, 3.63) is 54.5 Å². The molecule has 0 saturated heterocycles. The lowest BCUT2D eigenvalue weighted by atomic mass is 10.3. The molecule has 6 heteroatoms. The number of thioether (sulfide) groups is 1. The van der Waals surface area contributed by atoms with Crippen molar-refractivity contribution >= 4 is 29.0 Å². The first-order chi connectivity index (χ1) is 11.2. The standard InChI is InChI=1S/C17H17N3O2S/c1-12-10-20-8-4-7-15(17(20)18-12)22-11-16(21)19-13-5-3-6-14(9-13)23-2/h3-10H,11H2,1-2H3,(H,19,21). The highest BCUT2D eigenvalue weighted by Crippen LogP contribution is 2.20. The average Bonchev–Trinajstić information content (AvgIpc) is 2.93. The third-order valence-electron chi connectivity index (χ3n) is 3.28. The van der Waals surface area contributed by atoms with Crippen LogP contribution in [0.1, 0.15) is 5.69 Å². The van der Waals surface area contributed by atoms with Gasteiger partial charge in [-0.3, -0.25) is 4.79 Å². The van der Waals surface area contributed by atoms with Crippen molar-refractivity contribution in [2.75, 3.05) is 18.2 Å². The van der Waals surface area contributed by atoms with Gasteiger partial charge in [-0.25, -0.2) is 4.98 Å². The van der Waals surface area contributed by atoms with E-state index < -0.39 is 0 Å². The summed E-state index contributed by atoms with van der Waals surface area (Å²) in [5.41, 5.74) is 2.38. The molecular formula is C17H17N3O2S. The third kappa shape index (κ3) is 3.65. The van der Waals surface area contributed by atoms with E-state index in [1.807, 2.05) is 66.4 Å². The normalized spacial score (nSPS) is 10.7. The number of fused-ring (bicyclic) bond motifs is 1. The molecule has 1 aromatic carbocycles. The number of anilines is 1. The van der Waals surface area contributed by atoms with Crippen LogP contribution in [-0.4, -0.2) is 28.2 Å². The van der Waals surface area contributed by atoms with Crippen LogP contribution >= 0.6 is 11.8 Å². The molecule has 0 aliphatic carbocycles. The highest BCUT2D eigenvalue weighted by atomic mass is 32.2. The molecule has 3 rings (SSSR count). The summed E-state index contributed by atoms with van der Waals surface area (Å²) < 4.78 is 7.50. The number of nitrogens with zero attached hydrogens (tertiary/aromatic N) is 2. The van der Waals surface area contributed by atoms with Gasteiger partial charge in [-0.1, -0.05) is 6.07 Å². The number of hydrogen-bond donors (Lipinski definition) is 1. The molecule has 0 bridgehead atoms. The molecule has 0 aliphatic rings. The fourth-order valence-electron chi connectivity index (χ4n) is 2.26. The Hall–Kier alpha value is -2.47. The number of hydrogen-bond acceptors (Lipinski definition) is 4. The SMILES string of the molecule is CSc1cccc(NC(=O)COc2cccn3cc(C)nc23)c1. The van der Waals surface area contributed by atoms with Crippen LogP contribution < -0.4 is 10.1 Å². The lowest BCUT2D eigenvalue weighted by Crippen LogP contribution is -2.20. The van der Waals surface area contributed by atoms with E-state index in [-0.39, 0.29) is 12.5 Å². The average molecular weight is 327 g/mol. The summed E-state index contributed by atoms with van der Waals surface area (Å²) in [5.74, 6) is 0.391. The second-order valence-electron chi connectivity index (χ2n) is 5.05. The van der Waals surface area contributed by atoms with Crippen LogP contribution in [0.3, 0.4) is 0 Å². The number of aromatic nitrogens is 2. The van der Waals surface area contributed by atoms with Gasteiger partial charge < -0.3 is 14.5 Å². The lowest BCUT2D eigenvalue weighted by molar-refractivity contribution is -0.118. The Morgan fingerprint density at radius 3 is 3.04 bits per heavy atom. The summed E-state index contributed by atoms with van der Waals surface area (Å²) >= 11 is 1.63. The first kappa shape index (κ1) is 15.4. The number of carbonyl (C=O) groups is 1. The van der Waals surface area contributed by atoms with E-state index in [9.17, 15) is 4.79 Å². The topological polar surface area (TPSA) is 55.6 Å². The third-order valence-corrected chi connectivity index (χ3v) is 4.00. The molecule has 23 heavy (non-hydrogen) atoms. The summed E-state index contributed by atoms with van der Waals surface area (Å²) in [5, 5.41) is 2.84. The zero-order valence-corrected chi connectivity index (χ0v) is 13.8. The number of amides is 1. The van der Waals surface area contributed by atoms with E-state index in [1.54, 1.807) is 11.8 Å². The quantitative estimate of drug-likeness (QED) is 0.730. The number of benzene rings is 1.